The van der Waals surface area contributed by atoms with E-state index in [-0.39, 0.29) is 12.2 Å². The maximum absolute atomic E-state index is 12.7. The molecule has 3 nitrogen and oxygen atoms in total. The van der Waals surface area contributed by atoms with E-state index in [1.54, 1.807) is 0 Å². The number of hydrogen-bond donors (Lipinski definition) is 1. The standard InChI is InChI=1S/C11H11F3O3/c1-3-17-8-5-4-7(6(2)15)10(16)9(8)11(12,13)14/h4-5,16H,3H2,1-2H3. The molecule has 0 aliphatic heterocycles. The topological polar surface area (TPSA) is 46.5 Å². The minimum atomic E-state index is -4.78. The highest BCUT2D eigenvalue weighted by molar-refractivity contribution is 5.97. The number of aromatic hydroxyl groups is 1. The fourth-order valence-corrected chi connectivity index (χ4v) is 1.41. The van der Waals surface area contributed by atoms with Crippen LogP contribution >= 0.6 is 0 Å². The minimum Gasteiger partial charge on any atom is -0.506 e. The third-order valence-corrected chi connectivity index (χ3v) is 2.10. The van der Waals surface area contributed by atoms with E-state index >= 15 is 0 Å². The monoisotopic (exact) mass is 248 g/mol. The predicted molar refractivity (Wildman–Crippen MR) is 54.3 cm³/mol. The molecule has 0 heterocycles. The van der Waals surface area contributed by atoms with Crippen LogP contribution in [-0.4, -0.2) is 17.5 Å². The SMILES string of the molecule is CCOc1ccc(C(C)=O)c(O)c1C(F)(F)F. The van der Waals surface area contributed by atoms with E-state index in [9.17, 15) is 23.1 Å². The van der Waals surface area contributed by atoms with Gasteiger partial charge in [-0.2, -0.15) is 13.2 Å². The van der Waals surface area contributed by atoms with Crippen molar-refractivity contribution >= 4 is 5.78 Å². The summed E-state index contributed by atoms with van der Waals surface area (Å²) in [6, 6.07) is 2.14. The summed E-state index contributed by atoms with van der Waals surface area (Å²) in [6.45, 7) is 2.63. The molecule has 0 aromatic heterocycles. The smallest absolute Gasteiger partial charge is 0.423 e. The molecule has 1 aromatic carbocycles. The number of carbonyl (C=O) groups is 1. The van der Waals surface area contributed by atoms with Gasteiger partial charge in [0.2, 0.25) is 0 Å². The first-order chi connectivity index (χ1) is 7.79. The lowest BCUT2D eigenvalue weighted by Crippen LogP contribution is -2.11. The summed E-state index contributed by atoms with van der Waals surface area (Å²) < 4.78 is 43.0. The van der Waals surface area contributed by atoms with Gasteiger partial charge in [0.25, 0.3) is 0 Å². The molecule has 1 N–H and O–H groups in total. The number of alkyl halides is 3. The highest BCUT2D eigenvalue weighted by Gasteiger charge is 2.39. The van der Waals surface area contributed by atoms with Crippen molar-refractivity contribution in [1.29, 1.82) is 0 Å². The van der Waals surface area contributed by atoms with Gasteiger partial charge in [-0.25, -0.2) is 0 Å². The Kier molecular flexibility index (Phi) is 3.65. The van der Waals surface area contributed by atoms with Crippen molar-refractivity contribution in [2.45, 2.75) is 20.0 Å². The summed E-state index contributed by atoms with van der Waals surface area (Å²) in [5.74, 6) is -2.21. The molecule has 0 bridgehead atoms. The van der Waals surface area contributed by atoms with Gasteiger partial charge < -0.3 is 9.84 Å². The van der Waals surface area contributed by atoms with Gasteiger partial charge in [-0.1, -0.05) is 0 Å². The normalized spacial score (nSPS) is 11.4. The first kappa shape index (κ1) is 13.3. The second-order valence-electron chi connectivity index (χ2n) is 3.32. The van der Waals surface area contributed by atoms with Crippen molar-refractivity contribution < 1.29 is 27.8 Å². The van der Waals surface area contributed by atoms with Gasteiger partial charge in [-0.15, -0.1) is 0 Å². The van der Waals surface area contributed by atoms with E-state index in [2.05, 4.69) is 0 Å². The van der Waals surface area contributed by atoms with Crippen molar-refractivity contribution in [2.24, 2.45) is 0 Å². The maximum Gasteiger partial charge on any atom is 0.423 e. The summed E-state index contributed by atoms with van der Waals surface area (Å²) in [5.41, 5.74) is -1.69. The zero-order valence-electron chi connectivity index (χ0n) is 9.26. The molecule has 0 saturated carbocycles. The van der Waals surface area contributed by atoms with E-state index in [1.807, 2.05) is 0 Å². The van der Waals surface area contributed by atoms with E-state index in [4.69, 9.17) is 4.74 Å². The average molecular weight is 248 g/mol. The molecule has 1 rings (SSSR count). The molecule has 0 atom stereocenters. The van der Waals surface area contributed by atoms with Crippen molar-refractivity contribution in [1.82, 2.24) is 0 Å². The summed E-state index contributed by atoms with van der Waals surface area (Å²) in [4.78, 5) is 11.0. The van der Waals surface area contributed by atoms with Crippen molar-refractivity contribution in [3.05, 3.63) is 23.3 Å². The fraction of sp³-hybridized carbons (Fsp3) is 0.364. The Morgan fingerprint density at radius 1 is 1.41 bits per heavy atom. The molecule has 17 heavy (non-hydrogen) atoms. The molecule has 0 aliphatic carbocycles. The van der Waals surface area contributed by atoms with Crippen LogP contribution in [0.3, 0.4) is 0 Å². The molecule has 0 aliphatic rings. The van der Waals surface area contributed by atoms with Gasteiger partial charge >= 0.3 is 6.18 Å². The molecule has 0 unspecified atom stereocenters. The first-order valence-corrected chi connectivity index (χ1v) is 4.86. The summed E-state index contributed by atoms with van der Waals surface area (Å²) >= 11 is 0. The minimum absolute atomic E-state index is 0.0297. The number of carbonyl (C=O) groups excluding carboxylic acids is 1. The second-order valence-corrected chi connectivity index (χ2v) is 3.32. The average Bonchev–Trinajstić information content (AvgIpc) is 2.15. The highest BCUT2D eigenvalue weighted by atomic mass is 19.4. The summed E-state index contributed by atoms with van der Waals surface area (Å²) in [5, 5.41) is 9.48. The van der Waals surface area contributed by atoms with Gasteiger partial charge in [0.15, 0.2) is 5.78 Å². The van der Waals surface area contributed by atoms with Crippen molar-refractivity contribution in [3.63, 3.8) is 0 Å². The molecule has 1 aromatic rings. The van der Waals surface area contributed by atoms with Crippen LogP contribution in [0.1, 0.15) is 29.8 Å². The Morgan fingerprint density at radius 2 is 2.00 bits per heavy atom. The van der Waals surface area contributed by atoms with E-state index < -0.39 is 29.0 Å². The number of halogens is 3. The van der Waals surface area contributed by atoms with Crippen LogP contribution in [0.4, 0.5) is 13.2 Å². The Bertz CT molecular complexity index is 438. The van der Waals surface area contributed by atoms with Gasteiger partial charge in [-0.05, 0) is 26.0 Å². The predicted octanol–water partition coefficient (Wildman–Crippen LogP) is 3.01. The zero-order valence-corrected chi connectivity index (χ0v) is 9.26. The molecule has 0 fully saturated rings. The molecular formula is C11H11F3O3. The van der Waals surface area contributed by atoms with E-state index in [0.29, 0.717) is 0 Å². The Labute approximate surface area is 95.8 Å². The number of phenolic OH excluding ortho intramolecular Hbond substituents is 1. The number of rotatable bonds is 3. The van der Waals surface area contributed by atoms with E-state index in [0.717, 1.165) is 19.1 Å². The van der Waals surface area contributed by atoms with Crippen molar-refractivity contribution in [2.75, 3.05) is 6.61 Å². The van der Waals surface area contributed by atoms with Gasteiger partial charge in [0, 0.05) is 0 Å². The molecule has 0 saturated heterocycles. The number of benzene rings is 1. The summed E-state index contributed by atoms with van der Waals surface area (Å²) in [7, 11) is 0. The largest absolute Gasteiger partial charge is 0.506 e. The Balaban J connectivity index is 3.48. The van der Waals surface area contributed by atoms with Crippen LogP contribution in [0.15, 0.2) is 12.1 Å². The molecule has 0 amide bonds. The molecule has 6 heteroatoms. The second kappa shape index (κ2) is 4.65. The Morgan fingerprint density at radius 3 is 2.41 bits per heavy atom. The van der Waals surface area contributed by atoms with Crippen molar-refractivity contribution in [3.8, 4) is 11.5 Å². The highest BCUT2D eigenvalue weighted by Crippen LogP contribution is 2.43. The number of phenols is 1. The van der Waals surface area contributed by atoms with Crippen LogP contribution in [0.25, 0.3) is 0 Å². The maximum atomic E-state index is 12.7. The van der Waals surface area contributed by atoms with Gasteiger partial charge in [0.05, 0.1) is 12.2 Å². The number of ketones is 1. The molecular weight excluding hydrogens is 237 g/mol. The fourth-order valence-electron chi connectivity index (χ4n) is 1.41. The van der Waals surface area contributed by atoms with Crippen LogP contribution in [0.2, 0.25) is 0 Å². The third-order valence-electron chi connectivity index (χ3n) is 2.10. The van der Waals surface area contributed by atoms with Crippen LogP contribution < -0.4 is 4.74 Å². The van der Waals surface area contributed by atoms with Gasteiger partial charge in [-0.3, -0.25) is 4.79 Å². The Hall–Kier alpha value is -1.72. The molecule has 0 radical (unpaired) electrons. The van der Waals surface area contributed by atoms with Crippen LogP contribution in [0.5, 0.6) is 11.5 Å². The quantitative estimate of drug-likeness (QED) is 0.836. The zero-order chi connectivity index (χ0) is 13.2. The molecule has 94 valence electrons. The number of Topliss-reactive ketones (excluding diaryl/α,β-unsaturated/α-hetero) is 1. The first-order valence-electron chi connectivity index (χ1n) is 4.86. The lowest BCUT2D eigenvalue weighted by atomic mass is 10.0. The summed E-state index contributed by atoms with van der Waals surface area (Å²) in [6.07, 6.45) is -4.78. The third kappa shape index (κ3) is 2.69. The lowest BCUT2D eigenvalue weighted by Gasteiger charge is -2.16. The lowest BCUT2D eigenvalue weighted by molar-refractivity contribution is -0.140. The van der Waals surface area contributed by atoms with Crippen LogP contribution in [-0.2, 0) is 6.18 Å². The van der Waals surface area contributed by atoms with Crippen LogP contribution in [0, 0.1) is 0 Å². The van der Waals surface area contributed by atoms with Gasteiger partial charge in [0.1, 0.15) is 17.1 Å². The molecule has 0 spiro atoms. The number of ether oxygens (including phenoxy) is 1. The number of hydrogen-bond acceptors (Lipinski definition) is 3. The van der Waals surface area contributed by atoms with E-state index in [1.165, 1.54) is 6.92 Å².